The summed E-state index contributed by atoms with van der Waals surface area (Å²) in [5.41, 5.74) is 4.09. The molecule has 0 aliphatic carbocycles. The molecule has 0 aliphatic heterocycles. The molecule has 0 N–H and O–H groups in total. The molecule has 0 radical (unpaired) electrons. The number of benzene rings is 2. The first-order chi connectivity index (χ1) is 11.9. The highest BCUT2D eigenvalue weighted by Crippen LogP contribution is 2.16. The molecule has 0 amide bonds. The number of hydrogen-bond donors (Lipinski definition) is 0. The van der Waals surface area contributed by atoms with Gasteiger partial charge in [-0.15, -0.1) is 0 Å². The Morgan fingerprint density at radius 2 is 1.44 bits per heavy atom. The minimum absolute atomic E-state index is 0.687. The summed E-state index contributed by atoms with van der Waals surface area (Å²) in [6.07, 6.45) is 1.14. The third kappa shape index (κ3) is 7.60. The highest BCUT2D eigenvalue weighted by molar-refractivity contribution is 6.30. The molecule has 0 aliphatic rings. The van der Waals surface area contributed by atoms with Crippen LogP contribution in [-0.4, -0.2) is 37.0 Å². The van der Waals surface area contributed by atoms with Gasteiger partial charge in [-0.05, 0) is 55.3 Å². The summed E-state index contributed by atoms with van der Waals surface area (Å²) in [6, 6.07) is 17.2. The Morgan fingerprint density at radius 1 is 0.840 bits per heavy atom. The molecule has 2 aromatic carbocycles. The monoisotopic (exact) mass is 358 g/mol. The number of nitrogens with zero attached hydrogens (tertiary/aromatic N) is 2. The van der Waals surface area contributed by atoms with Gasteiger partial charge in [0.25, 0.3) is 0 Å². The molecule has 0 bridgehead atoms. The molecule has 0 spiro atoms. The maximum Gasteiger partial charge on any atom is 0.0409 e. The van der Waals surface area contributed by atoms with E-state index >= 15 is 0 Å². The molecule has 2 nitrogen and oxygen atoms in total. The second-order valence-corrected chi connectivity index (χ2v) is 8.00. The van der Waals surface area contributed by atoms with Crippen LogP contribution in [0.2, 0.25) is 5.02 Å². The fraction of sp³-hybridized carbons (Fsp3) is 0.455. The molecule has 136 valence electrons. The number of likely N-dealkylation sites (N-methyl/N-ethyl adjacent to an activating group) is 1. The standard InChI is InChI=1S/C22H31ClN2/c1-18(2)13-19-7-5-8-20(14-19)16-25(12-11-24(3)4)17-21-9-6-10-22(23)15-21/h5-10,14-15,18H,11-13,16-17H2,1-4H3. The molecule has 2 aromatic rings. The van der Waals surface area contributed by atoms with Crippen LogP contribution in [0.3, 0.4) is 0 Å². The molecule has 0 fully saturated rings. The van der Waals surface area contributed by atoms with Gasteiger partial charge in [-0.2, -0.15) is 0 Å². The van der Waals surface area contributed by atoms with Crippen molar-refractivity contribution in [2.24, 2.45) is 5.92 Å². The summed E-state index contributed by atoms with van der Waals surface area (Å²) in [5, 5.41) is 0.809. The quantitative estimate of drug-likeness (QED) is 0.615. The van der Waals surface area contributed by atoms with Crippen LogP contribution in [0.5, 0.6) is 0 Å². The fourth-order valence-electron chi connectivity index (χ4n) is 3.03. The van der Waals surface area contributed by atoms with E-state index < -0.39 is 0 Å². The molecular weight excluding hydrogens is 328 g/mol. The normalized spacial score (nSPS) is 11.7. The molecule has 2 rings (SSSR count). The van der Waals surface area contributed by atoms with Crippen molar-refractivity contribution >= 4 is 11.6 Å². The Morgan fingerprint density at radius 3 is 2.04 bits per heavy atom. The first kappa shape index (κ1) is 20.0. The third-order valence-corrected chi connectivity index (χ3v) is 4.44. The van der Waals surface area contributed by atoms with Crippen LogP contribution in [0, 0.1) is 5.92 Å². The van der Waals surface area contributed by atoms with E-state index in [0.29, 0.717) is 5.92 Å². The van der Waals surface area contributed by atoms with E-state index in [4.69, 9.17) is 11.6 Å². The average Bonchev–Trinajstić information content (AvgIpc) is 2.52. The van der Waals surface area contributed by atoms with E-state index in [9.17, 15) is 0 Å². The summed E-state index contributed by atoms with van der Waals surface area (Å²) in [7, 11) is 4.25. The van der Waals surface area contributed by atoms with E-state index in [2.05, 4.69) is 74.1 Å². The van der Waals surface area contributed by atoms with Crippen LogP contribution < -0.4 is 0 Å². The van der Waals surface area contributed by atoms with Gasteiger partial charge >= 0.3 is 0 Å². The minimum Gasteiger partial charge on any atom is -0.308 e. The van der Waals surface area contributed by atoms with Gasteiger partial charge in [0.2, 0.25) is 0 Å². The van der Waals surface area contributed by atoms with Crippen molar-refractivity contribution in [1.29, 1.82) is 0 Å². The van der Waals surface area contributed by atoms with E-state index in [-0.39, 0.29) is 0 Å². The van der Waals surface area contributed by atoms with Crippen molar-refractivity contribution in [3.8, 4) is 0 Å². The van der Waals surface area contributed by atoms with Crippen molar-refractivity contribution in [2.45, 2.75) is 33.4 Å². The average molecular weight is 359 g/mol. The SMILES string of the molecule is CC(C)Cc1cccc(CN(CCN(C)C)Cc2cccc(Cl)c2)c1. The maximum absolute atomic E-state index is 6.16. The molecule has 3 heteroatoms. The zero-order valence-corrected chi connectivity index (χ0v) is 16.8. The third-order valence-electron chi connectivity index (χ3n) is 4.20. The van der Waals surface area contributed by atoms with Crippen LogP contribution in [0.4, 0.5) is 0 Å². The minimum atomic E-state index is 0.687. The van der Waals surface area contributed by atoms with Crippen LogP contribution in [0.25, 0.3) is 0 Å². The highest BCUT2D eigenvalue weighted by atomic mass is 35.5. The van der Waals surface area contributed by atoms with Gasteiger partial charge in [0.05, 0.1) is 0 Å². The predicted octanol–water partition coefficient (Wildman–Crippen LogP) is 5.10. The van der Waals surface area contributed by atoms with E-state index in [0.717, 1.165) is 37.6 Å². The van der Waals surface area contributed by atoms with Gasteiger partial charge in [0.15, 0.2) is 0 Å². The zero-order chi connectivity index (χ0) is 18.2. The summed E-state index contributed by atoms with van der Waals surface area (Å²) < 4.78 is 0. The van der Waals surface area contributed by atoms with Crippen LogP contribution in [0.15, 0.2) is 48.5 Å². The van der Waals surface area contributed by atoms with Gasteiger partial charge in [-0.1, -0.05) is 61.8 Å². The molecule has 0 heterocycles. The first-order valence-electron chi connectivity index (χ1n) is 9.11. The van der Waals surface area contributed by atoms with Crippen molar-refractivity contribution in [2.75, 3.05) is 27.2 Å². The number of hydrogen-bond acceptors (Lipinski definition) is 2. The van der Waals surface area contributed by atoms with E-state index in [1.165, 1.54) is 16.7 Å². The molecule has 0 unspecified atom stereocenters. The van der Waals surface area contributed by atoms with Gasteiger partial charge in [0.1, 0.15) is 0 Å². The largest absolute Gasteiger partial charge is 0.308 e. The lowest BCUT2D eigenvalue weighted by molar-refractivity contribution is 0.226. The Labute approximate surface area is 158 Å². The van der Waals surface area contributed by atoms with Crippen molar-refractivity contribution < 1.29 is 0 Å². The number of halogens is 1. The lowest BCUT2D eigenvalue weighted by Gasteiger charge is -2.25. The Kier molecular flexibility index (Phi) is 7.95. The second-order valence-electron chi connectivity index (χ2n) is 7.56. The molecule has 25 heavy (non-hydrogen) atoms. The molecule has 0 aromatic heterocycles. The molecular formula is C22H31ClN2. The summed E-state index contributed by atoms with van der Waals surface area (Å²) in [5.74, 6) is 0.687. The Hall–Kier alpha value is -1.35. The topological polar surface area (TPSA) is 6.48 Å². The Balaban J connectivity index is 2.09. The van der Waals surface area contributed by atoms with Crippen molar-refractivity contribution in [3.05, 3.63) is 70.2 Å². The lowest BCUT2D eigenvalue weighted by atomic mass is 10.0. The van der Waals surface area contributed by atoms with Crippen molar-refractivity contribution in [1.82, 2.24) is 9.80 Å². The molecule has 0 saturated carbocycles. The second kappa shape index (κ2) is 9.96. The van der Waals surface area contributed by atoms with Crippen LogP contribution in [-0.2, 0) is 19.5 Å². The van der Waals surface area contributed by atoms with E-state index in [1.807, 2.05) is 12.1 Å². The van der Waals surface area contributed by atoms with E-state index in [1.54, 1.807) is 0 Å². The number of rotatable bonds is 9. The maximum atomic E-state index is 6.16. The van der Waals surface area contributed by atoms with Crippen LogP contribution >= 0.6 is 11.6 Å². The first-order valence-corrected chi connectivity index (χ1v) is 9.49. The van der Waals surface area contributed by atoms with Crippen molar-refractivity contribution in [3.63, 3.8) is 0 Å². The van der Waals surface area contributed by atoms with Crippen LogP contribution in [0.1, 0.15) is 30.5 Å². The van der Waals surface area contributed by atoms with Gasteiger partial charge in [-0.25, -0.2) is 0 Å². The Bertz CT molecular complexity index is 652. The smallest absolute Gasteiger partial charge is 0.0409 e. The summed E-state index contributed by atoms with van der Waals surface area (Å²) >= 11 is 6.16. The van der Waals surface area contributed by atoms with Gasteiger partial charge < -0.3 is 4.90 Å². The summed E-state index contributed by atoms with van der Waals surface area (Å²) in [4.78, 5) is 4.74. The zero-order valence-electron chi connectivity index (χ0n) is 16.0. The summed E-state index contributed by atoms with van der Waals surface area (Å²) in [6.45, 7) is 8.51. The molecule has 0 saturated heterocycles. The highest BCUT2D eigenvalue weighted by Gasteiger charge is 2.09. The molecule has 0 atom stereocenters. The van der Waals surface area contributed by atoms with Gasteiger partial charge in [-0.3, -0.25) is 4.90 Å². The van der Waals surface area contributed by atoms with Gasteiger partial charge in [0, 0.05) is 31.2 Å². The fourth-order valence-corrected chi connectivity index (χ4v) is 3.25. The predicted molar refractivity (Wildman–Crippen MR) is 109 cm³/mol. The lowest BCUT2D eigenvalue weighted by Crippen LogP contribution is -2.31.